The van der Waals surface area contributed by atoms with Gasteiger partial charge in [0.05, 0.1) is 19.7 Å². The van der Waals surface area contributed by atoms with E-state index in [1.54, 1.807) is 0 Å². The zero-order valence-electron chi connectivity index (χ0n) is 14.0. The number of aliphatic imine (C=N–C) groups is 1. The Morgan fingerprint density at radius 1 is 1.48 bits per heavy atom. The van der Waals surface area contributed by atoms with Crippen molar-refractivity contribution in [2.45, 2.75) is 44.2 Å². The van der Waals surface area contributed by atoms with Gasteiger partial charge in [-0.2, -0.15) is 0 Å². The number of carbonyl (C=O) groups is 2. The van der Waals surface area contributed by atoms with Gasteiger partial charge in [0.2, 0.25) is 5.91 Å². The molecule has 2 aliphatic heterocycles. The molecule has 0 aromatic heterocycles. The van der Waals surface area contributed by atoms with Crippen molar-refractivity contribution in [3.05, 3.63) is 0 Å². The van der Waals surface area contributed by atoms with Gasteiger partial charge < -0.3 is 20.3 Å². The summed E-state index contributed by atoms with van der Waals surface area (Å²) in [6, 6.07) is -0.655. The number of nitrogens with one attached hydrogen (secondary N) is 2. The van der Waals surface area contributed by atoms with E-state index >= 15 is 0 Å². The number of carbonyl (C=O) groups excluding carboxylic acids is 2. The molecule has 2 amide bonds. The number of hydrogen-bond acceptors (Lipinski definition) is 5. The molecule has 2 heterocycles. The predicted octanol–water partition coefficient (Wildman–Crippen LogP) is 1.33. The molecule has 0 spiro atoms. The fraction of sp³-hybridized carbons (Fsp3) is 0.800. The van der Waals surface area contributed by atoms with Crippen molar-refractivity contribution in [3.8, 4) is 0 Å². The van der Waals surface area contributed by atoms with Crippen LogP contribution >= 0.6 is 15.9 Å². The summed E-state index contributed by atoms with van der Waals surface area (Å²) >= 11 is 3.49. The summed E-state index contributed by atoms with van der Waals surface area (Å²) in [4.78, 5) is 31.0. The van der Waals surface area contributed by atoms with E-state index in [4.69, 9.17) is 0 Å². The minimum Gasteiger partial charge on any atom is -0.453 e. The molecule has 1 unspecified atom stereocenters. The van der Waals surface area contributed by atoms with Crippen LogP contribution in [0, 0.1) is 11.8 Å². The number of nitrogens with zero attached hydrogens (tertiary/aromatic N) is 2. The number of methoxy groups -OCH3 is 1. The highest BCUT2D eigenvalue weighted by molar-refractivity contribution is 9.09. The number of ether oxygens (including phenoxy) is 1. The Balaban J connectivity index is 2.15. The first-order valence-corrected chi connectivity index (χ1v) is 8.85. The van der Waals surface area contributed by atoms with Gasteiger partial charge >= 0.3 is 6.09 Å². The quantitative estimate of drug-likeness (QED) is 0.561. The van der Waals surface area contributed by atoms with Crippen LogP contribution in [0.25, 0.3) is 0 Å². The Kier molecular flexibility index (Phi) is 5.89. The molecule has 0 aliphatic carbocycles. The summed E-state index contributed by atoms with van der Waals surface area (Å²) in [6.45, 7) is 7.28. The monoisotopic (exact) mass is 388 g/mol. The second-order valence-electron chi connectivity index (χ2n) is 6.54. The van der Waals surface area contributed by atoms with Gasteiger partial charge in [0, 0.05) is 6.54 Å². The Hall–Kier alpha value is -1.31. The standard InChI is InChI=1S/C15H25BrN4O3/c1-8(2)12(19-15(22)23-4)14(21)20-7-9(3)5-10(20)13-17-6-11(16)18-13/h8-12H,5-7H2,1-4H3,(H,17,18)(H,19,22)/t9-,10-,11?,12-/m0/s1. The van der Waals surface area contributed by atoms with Gasteiger partial charge in [0.1, 0.15) is 16.8 Å². The molecule has 23 heavy (non-hydrogen) atoms. The van der Waals surface area contributed by atoms with Gasteiger partial charge in [-0.15, -0.1) is 0 Å². The summed E-state index contributed by atoms with van der Waals surface area (Å²) in [5.74, 6) is 1.14. The second-order valence-corrected chi connectivity index (χ2v) is 7.65. The number of amidine groups is 1. The molecule has 0 bridgehead atoms. The van der Waals surface area contributed by atoms with Crippen molar-refractivity contribution in [2.75, 3.05) is 20.2 Å². The van der Waals surface area contributed by atoms with Crippen LogP contribution in [-0.4, -0.2) is 60.0 Å². The maximum atomic E-state index is 13.0. The Morgan fingerprint density at radius 3 is 2.70 bits per heavy atom. The first-order valence-electron chi connectivity index (χ1n) is 7.93. The maximum absolute atomic E-state index is 13.0. The molecule has 0 saturated carbocycles. The van der Waals surface area contributed by atoms with E-state index in [-0.39, 0.29) is 22.8 Å². The molecule has 130 valence electrons. The number of alkyl halides is 1. The minimum absolute atomic E-state index is 0.0273. The molecule has 1 fully saturated rings. The van der Waals surface area contributed by atoms with Crippen LogP contribution in [0.3, 0.4) is 0 Å². The summed E-state index contributed by atoms with van der Waals surface area (Å²) < 4.78 is 4.64. The van der Waals surface area contributed by atoms with Gasteiger partial charge in [-0.3, -0.25) is 9.79 Å². The first kappa shape index (κ1) is 18.0. The van der Waals surface area contributed by atoms with Crippen molar-refractivity contribution >= 4 is 33.8 Å². The molecule has 2 N–H and O–H groups in total. The van der Waals surface area contributed by atoms with Gasteiger partial charge in [-0.05, 0) is 18.3 Å². The lowest BCUT2D eigenvalue weighted by Gasteiger charge is -2.31. The number of amides is 2. The number of alkyl carbamates (subject to hydrolysis) is 1. The van der Waals surface area contributed by atoms with E-state index in [9.17, 15) is 9.59 Å². The molecular formula is C15H25BrN4O3. The van der Waals surface area contributed by atoms with Crippen LogP contribution in [0.15, 0.2) is 4.99 Å². The van der Waals surface area contributed by atoms with Crippen molar-refractivity contribution in [2.24, 2.45) is 16.8 Å². The third kappa shape index (κ3) is 4.16. The average molecular weight is 389 g/mol. The topological polar surface area (TPSA) is 83.0 Å². The van der Waals surface area contributed by atoms with Crippen molar-refractivity contribution < 1.29 is 14.3 Å². The van der Waals surface area contributed by atoms with Crippen molar-refractivity contribution in [3.63, 3.8) is 0 Å². The summed E-state index contributed by atoms with van der Waals surface area (Å²) in [5.41, 5.74) is 0. The molecular weight excluding hydrogens is 364 g/mol. The third-order valence-electron chi connectivity index (χ3n) is 4.23. The van der Waals surface area contributed by atoms with Crippen LogP contribution in [0.1, 0.15) is 27.2 Å². The Morgan fingerprint density at radius 2 is 2.17 bits per heavy atom. The molecule has 4 atom stereocenters. The van der Waals surface area contributed by atoms with E-state index < -0.39 is 12.1 Å². The number of likely N-dealkylation sites (tertiary alicyclic amines) is 1. The zero-order valence-corrected chi connectivity index (χ0v) is 15.6. The van der Waals surface area contributed by atoms with Gasteiger partial charge in [0.25, 0.3) is 0 Å². The van der Waals surface area contributed by atoms with Crippen LogP contribution in [-0.2, 0) is 9.53 Å². The van der Waals surface area contributed by atoms with Crippen LogP contribution < -0.4 is 10.6 Å². The molecule has 2 rings (SSSR count). The van der Waals surface area contributed by atoms with Crippen molar-refractivity contribution in [1.82, 2.24) is 15.5 Å². The highest BCUT2D eigenvalue weighted by atomic mass is 79.9. The average Bonchev–Trinajstić information content (AvgIpc) is 3.09. The van der Waals surface area contributed by atoms with E-state index in [1.165, 1.54) is 7.11 Å². The van der Waals surface area contributed by atoms with Crippen LogP contribution in [0.4, 0.5) is 4.79 Å². The van der Waals surface area contributed by atoms with E-state index in [1.807, 2.05) is 18.7 Å². The van der Waals surface area contributed by atoms with Gasteiger partial charge in [-0.1, -0.05) is 36.7 Å². The van der Waals surface area contributed by atoms with Crippen LogP contribution in [0.2, 0.25) is 0 Å². The SMILES string of the molecule is COC(=O)N[C@H](C(=O)N1C[C@@H](C)C[C@H]1C1=NCC(Br)N1)C(C)C. The lowest BCUT2D eigenvalue weighted by Crippen LogP contribution is -2.55. The number of halogens is 1. The maximum Gasteiger partial charge on any atom is 0.407 e. The highest BCUT2D eigenvalue weighted by Crippen LogP contribution is 2.26. The summed E-state index contributed by atoms with van der Waals surface area (Å²) in [5, 5.41) is 5.94. The first-order chi connectivity index (χ1) is 10.8. The fourth-order valence-electron chi connectivity index (χ4n) is 3.06. The smallest absolute Gasteiger partial charge is 0.407 e. The zero-order chi connectivity index (χ0) is 17.1. The summed E-state index contributed by atoms with van der Waals surface area (Å²) in [7, 11) is 1.30. The number of rotatable bonds is 4. The number of hydrogen-bond donors (Lipinski definition) is 2. The van der Waals surface area contributed by atoms with Crippen molar-refractivity contribution in [1.29, 1.82) is 0 Å². The van der Waals surface area contributed by atoms with Gasteiger partial charge in [0.15, 0.2) is 0 Å². The molecule has 7 nitrogen and oxygen atoms in total. The van der Waals surface area contributed by atoms with E-state index in [0.717, 1.165) is 12.3 Å². The largest absolute Gasteiger partial charge is 0.453 e. The predicted molar refractivity (Wildman–Crippen MR) is 91.6 cm³/mol. The van der Waals surface area contributed by atoms with E-state index in [2.05, 4.69) is 43.2 Å². The fourth-order valence-corrected chi connectivity index (χ4v) is 3.44. The Labute approximate surface area is 145 Å². The molecule has 1 saturated heterocycles. The normalized spacial score (nSPS) is 28.3. The van der Waals surface area contributed by atoms with E-state index in [0.29, 0.717) is 19.0 Å². The molecule has 0 radical (unpaired) electrons. The molecule has 2 aliphatic rings. The Bertz CT molecular complexity index is 497. The molecule has 0 aromatic carbocycles. The minimum atomic E-state index is -0.600. The second kappa shape index (κ2) is 7.51. The van der Waals surface area contributed by atoms with Gasteiger partial charge in [-0.25, -0.2) is 4.79 Å². The summed E-state index contributed by atoms with van der Waals surface area (Å²) in [6.07, 6.45) is 0.290. The highest BCUT2D eigenvalue weighted by Gasteiger charge is 2.41. The van der Waals surface area contributed by atoms with Crippen LogP contribution in [0.5, 0.6) is 0 Å². The molecule has 8 heteroatoms. The lowest BCUT2D eigenvalue weighted by atomic mass is 10.0. The third-order valence-corrected chi connectivity index (χ3v) is 4.75. The molecule has 0 aromatic rings. The lowest BCUT2D eigenvalue weighted by molar-refractivity contribution is -0.134.